The molecule has 31 heavy (non-hydrogen) atoms. The van der Waals surface area contributed by atoms with Crippen molar-refractivity contribution in [2.75, 3.05) is 6.61 Å². The summed E-state index contributed by atoms with van der Waals surface area (Å²) >= 11 is 5.84. The standard InChI is InChI=1S/C24H21ClN2O4/c25-20-11-9-16(10-12-20)14-26-24(31)21(15-28)27-23(30)19-8-4-7-18(13-19)22(29)17-5-2-1-3-6-17/h1-13,21,28H,14-15H2,(H,26,31)(H,27,30)/t21-/m0/s1. The number of nitrogens with one attached hydrogen (secondary N) is 2. The average molecular weight is 437 g/mol. The zero-order chi connectivity index (χ0) is 22.2. The Morgan fingerprint density at radius 3 is 2.16 bits per heavy atom. The minimum Gasteiger partial charge on any atom is -0.394 e. The molecule has 0 aromatic heterocycles. The van der Waals surface area contributed by atoms with Gasteiger partial charge >= 0.3 is 0 Å². The van der Waals surface area contributed by atoms with Gasteiger partial charge in [0.2, 0.25) is 5.91 Å². The highest BCUT2D eigenvalue weighted by Gasteiger charge is 2.21. The molecule has 0 aliphatic heterocycles. The molecular weight excluding hydrogens is 416 g/mol. The van der Waals surface area contributed by atoms with E-state index in [2.05, 4.69) is 10.6 Å². The Labute approximate surface area is 184 Å². The number of ketones is 1. The number of hydrogen-bond donors (Lipinski definition) is 3. The van der Waals surface area contributed by atoms with Gasteiger partial charge in [0.1, 0.15) is 6.04 Å². The van der Waals surface area contributed by atoms with Crippen LogP contribution < -0.4 is 10.6 Å². The zero-order valence-electron chi connectivity index (χ0n) is 16.5. The number of hydrogen-bond acceptors (Lipinski definition) is 4. The van der Waals surface area contributed by atoms with Crippen molar-refractivity contribution in [3.63, 3.8) is 0 Å². The Balaban J connectivity index is 1.64. The maximum Gasteiger partial charge on any atom is 0.252 e. The van der Waals surface area contributed by atoms with E-state index in [9.17, 15) is 19.5 Å². The minimum absolute atomic E-state index is 0.213. The molecule has 2 amide bonds. The molecule has 0 radical (unpaired) electrons. The molecular formula is C24H21ClN2O4. The number of aliphatic hydroxyl groups excluding tert-OH is 1. The first kappa shape index (κ1) is 22.2. The first-order chi connectivity index (χ1) is 15.0. The number of rotatable bonds is 8. The van der Waals surface area contributed by atoms with Crippen molar-refractivity contribution in [3.05, 3.63) is 106 Å². The highest BCUT2D eigenvalue weighted by Crippen LogP contribution is 2.12. The lowest BCUT2D eigenvalue weighted by atomic mass is 10.0. The predicted molar refractivity (Wildman–Crippen MR) is 118 cm³/mol. The fraction of sp³-hybridized carbons (Fsp3) is 0.125. The van der Waals surface area contributed by atoms with E-state index >= 15 is 0 Å². The highest BCUT2D eigenvalue weighted by molar-refractivity contribution is 6.30. The molecule has 1 atom stereocenters. The summed E-state index contributed by atoms with van der Waals surface area (Å²) in [6.45, 7) is -0.343. The third kappa shape index (κ3) is 6.01. The van der Waals surface area contributed by atoms with E-state index in [0.29, 0.717) is 16.1 Å². The second-order valence-corrected chi connectivity index (χ2v) is 7.27. The van der Waals surface area contributed by atoms with Gasteiger partial charge in [-0.05, 0) is 29.8 Å². The third-order valence-corrected chi connectivity index (χ3v) is 4.86. The van der Waals surface area contributed by atoms with Gasteiger partial charge in [-0.2, -0.15) is 0 Å². The first-order valence-corrected chi connectivity index (χ1v) is 9.99. The van der Waals surface area contributed by atoms with Crippen LogP contribution in [0.5, 0.6) is 0 Å². The maximum absolute atomic E-state index is 12.6. The Morgan fingerprint density at radius 2 is 1.48 bits per heavy atom. The molecule has 0 unspecified atom stereocenters. The molecule has 0 heterocycles. The molecule has 3 N–H and O–H groups in total. The van der Waals surface area contributed by atoms with E-state index in [-0.39, 0.29) is 17.9 Å². The van der Waals surface area contributed by atoms with Crippen molar-refractivity contribution < 1.29 is 19.5 Å². The van der Waals surface area contributed by atoms with Crippen LogP contribution in [0.2, 0.25) is 5.02 Å². The Morgan fingerprint density at radius 1 is 0.839 bits per heavy atom. The second-order valence-electron chi connectivity index (χ2n) is 6.83. The largest absolute Gasteiger partial charge is 0.394 e. The van der Waals surface area contributed by atoms with Crippen molar-refractivity contribution in [2.45, 2.75) is 12.6 Å². The van der Waals surface area contributed by atoms with Crippen LogP contribution >= 0.6 is 11.6 Å². The molecule has 0 saturated heterocycles. The number of carbonyl (C=O) groups is 3. The summed E-state index contributed by atoms with van der Waals surface area (Å²) in [5.74, 6) is -1.31. The van der Waals surface area contributed by atoms with Crippen LogP contribution in [-0.4, -0.2) is 35.4 Å². The highest BCUT2D eigenvalue weighted by atomic mass is 35.5. The lowest BCUT2D eigenvalue weighted by Crippen LogP contribution is -2.48. The van der Waals surface area contributed by atoms with Gasteiger partial charge in [0.05, 0.1) is 6.61 Å². The van der Waals surface area contributed by atoms with Crippen molar-refractivity contribution in [1.82, 2.24) is 10.6 Å². The molecule has 3 aromatic rings. The summed E-state index contributed by atoms with van der Waals surface area (Å²) in [5, 5.41) is 15.3. The Kier molecular flexibility index (Phi) is 7.54. The number of aliphatic hydroxyl groups is 1. The van der Waals surface area contributed by atoms with E-state index in [1.165, 1.54) is 12.1 Å². The molecule has 7 heteroatoms. The molecule has 3 aromatic carbocycles. The monoisotopic (exact) mass is 436 g/mol. The smallest absolute Gasteiger partial charge is 0.252 e. The molecule has 6 nitrogen and oxygen atoms in total. The van der Waals surface area contributed by atoms with Gasteiger partial charge in [-0.15, -0.1) is 0 Å². The van der Waals surface area contributed by atoms with E-state index in [1.54, 1.807) is 60.7 Å². The van der Waals surface area contributed by atoms with Crippen LogP contribution in [0.15, 0.2) is 78.9 Å². The minimum atomic E-state index is -1.13. The third-order valence-electron chi connectivity index (χ3n) is 4.61. The quantitative estimate of drug-likeness (QED) is 0.473. The van der Waals surface area contributed by atoms with Gasteiger partial charge in [-0.1, -0.05) is 66.2 Å². The van der Waals surface area contributed by atoms with Gasteiger partial charge in [-0.25, -0.2) is 0 Å². The summed E-state index contributed by atoms with van der Waals surface area (Å²) < 4.78 is 0. The molecule has 3 rings (SSSR count). The van der Waals surface area contributed by atoms with E-state index in [4.69, 9.17) is 11.6 Å². The predicted octanol–water partition coefficient (Wildman–Crippen LogP) is 2.98. The second kappa shape index (κ2) is 10.5. The Bertz CT molecular complexity index is 1070. The van der Waals surface area contributed by atoms with Crippen LogP contribution in [0.3, 0.4) is 0 Å². The van der Waals surface area contributed by atoms with Crippen LogP contribution in [0, 0.1) is 0 Å². The summed E-state index contributed by atoms with van der Waals surface area (Å²) in [4.78, 5) is 37.6. The van der Waals surface area contributed by atoms with Crippen LogP contribution in [0.4, 0.5) is 0 Å². The Hall–Kier alpha value is -3.48. The zero-order valence-corrected chi connectivity index (χ0v) is 17.3. The average Bonchev–Trinajstić information content (AvgIpc) is 2.82. The van der Waals surface area contributed by atoms with Crippen LogP contribution in [0.1, 0.15) is 31.8 Å². The topological polar surface area (TPSA) is 95.5 Å². The molecule has 0 spiro atoms. The molecule has 158 valence electrons. The number of halogens is 1. The molecule has 0 bridgehead atoms. The van der Waals surface area contributed by atoms with Gasteiger partial charge in [0, 0.05) is 28.3 Å². The number of amides is 2. The van der Waals surface area contributed by atoms with Crippen molar-refractivity contribution in [1.29, 1.82) is 0 Å². The summed E-state index contributed by atoms with van der Waals surface area (Å²) in [7, 11) is 0. The van der Waals surface area contributed by atoms with E-state index in [0.717, 1.165) is 5.56 Å². The summed E-state index contributed by atoms with van der Waals surface area (Å²) in [5.41, 5.74) is 1.90. The number of benzene rings is 3. The van der Waals surface area contributed by atoms with Gasteiger partial charge < -0.3 is 15.7 Å². The van der Waals surface area contributed by atoms with E-state index < -0.39 is 24.5 Å². The van der Waals surface area contributed by atoms with E-state index in [1.807, 2.05) is 6.07 Å². The van der Waals surface area contributed by atoms with Crippen LogP contribution in [0.25, 0.3) is 0 Å². The number of carbonyl (C=O) groups excluding carboxylic acids is 3. The fourth-order valence-corrected chi connectivity index (χ4v) is 3.03. The van der Waals surface area contributed by atoms with Gasteiger partial charge in [0.15, 0.2) is 5.78 Å². The lowest BCUT2D eigenvalue weighted by Gasteiger charge is -2.16. The van der Waals surface area contributed by atoms with Crippen molar-refractivity contribution >= 4 is 29.2 Å². The van der Waals surface area contributed by atoms with Crippen molar-refractivity contribution in [2.24, 2.45) is 0 Å². The molecule has 0 saturated carbocycles. The SMILES string of the molecule is O=C(N[C@@H](CO)C(=O)NCc1ccc(Cl)cc1)c1cccc(C(=O)c2ccccc2)c1. The van der Waals surface area contributed by atoms with Crippen LogP contribution in [-0.2, 0) is 11.3 Å². The molecule has 0 aliphatic carbocycles. The fourth-order valence-electron chi connectivity index (χ4n) is 2.91. The normalized spacial score (nSPS) is 11.4. The molecule has 0 aliphatic rings. The van der Waals surface area contributed by atoms with Gasteiger partial charge in [-0.3, -0.25) is 14.4 Å². The molecule has 0 fully saturated rings. The lowest BCUT2D eigenvalue weighted by molar-refractivity contribution is -0.124. The summed E-state index contributed by atoms with van der Waals surface area (Å²) in [6, 6.07) is 20.8. The maximum atomic E-state index is 12.6. The van der Waals surface area contributed by atoms with Gasteiger partial charge in [0.25, 0.3) is 5.91 Å². The summed E-state index contributed by atoms with van der Waals surface area (Å²) in [6.07, 6.45) is 0. The van der Waals surface area contributed by atoms with Crippen molar-refractivity contribution in [3.8, 4) is 0 Å². The first-order valence-electron chi connectivity index (χ1n) is 9.61.